The van der Waals surface area contributed by atoms with E-state index in [0.717, 1.165) is 11.8 Å². The lowest BCUT2D eigenvalue weighted by Crippen LogP contribution is -2.34. The van der Waals surface area contributed by atoms with Crippen molar-refractivity contribution in [3.05, 3.63) is 0 Å². The molecule has 0 bridgehead atoms. The predicted molar refractivity (Wildman–Crippen MR) is 66.3 cm³/mol. The van der Waals surface area contributed by atoms with E-state index in [4.69, 9.17) is 14.6 Å². The summed E-state index contributed by atoms with van der Waals surface area (Å²) in [7, 11) is 0. The fourth-order valence-electron chi connectivity index (χ4n) is 0.947. The maximum Gasteiger partial charge on any atom is 0.347 e. The van der Waals surface area contributed by atoms with Gasteiger partial charge in [0.25, 0.3) is 0 Å². The Balaban J connectivity index is 4.22. The van der Waals surface area contributed by atoms with Gasteiger partial charge in [0.1, 0.15) is 0 Å². The highest BCUT2D eigenvalue weighted by atomic mass is 32.2. The normalized spacial score (nSPS) is 13.7. The van der Waals surface area contributed by atoms with E-state index in [2.05, 4.69) is 0 Å². The first kappa shape index (κ1) is 16.9. The summed E-state index contributed by atoms with van der Waals surface area (Å²) in [4.78, 5) is 33.1. The largest absolute Gasteiger partial charge is 0.478 e. The fourth-order valence-corrected chi connectivity index (χ4v) is 1.57. The Morgan fingerprint density at radius 3 is 2.39 bits per heavy atom. The summed E-state index contributed by atoms with van der Waals surface area (Å²) in [5.74, 6) is -2.16. The Bertz CT molecular complexity index is 304. The van der Waals surface area contributed by atoms with Gasteiger partial charge in [0.2, 0.25) is 6.10 Å². The van der Waals surface area contributed by atoms with Gasteiger partial charge in [-0.25, -0.2) is 4.79 Å². The van der Waals surface area contributed by atoms with Gasteiger partial charge in [0.05, 0.1) is 12.5 Å². The highest BCUT2D eigenvalue weighted by Gasteiger charge is 2.25. The molecule has 0 amide bonds. The number of aliphatic carboxylic acids is 1. The molecule has 0 heterocycles. The van der Waals surface area contributed by atoms with Gasteiger partial charge in [0.15, 0.2) is 5.12 Å². The molecule has 0 aliphatic rings. The third kappa shape index (κ3) is 7.29. The van der Waals surface area contributed by atoms with Crippen LogP contribution in [0.4, 0.5) is 0 Å². The minimum atomic E-state index is -1.30. The molecule has 0 radical (unpaired) electrons. The molecule has 2 atom stereocenters. The zero-order valence-electron chi connectivity index (χ0n) is 10.7. The van der Waals surface area contributed by atoms with E-state index in [1.54, 1.807) is 13.8 Å². The second-order valence-corrected chi connectivity index (χ2v) is 4.82. The molecule has 0 spiro atoms. The second-order valence-electron chi connectivity index (χ2n) is 3.63. The van der Waals surface area contributed by atoms with E-state index in [9.17, 15) is 14.4 Å². The van der Waals surface area contributed by atoms with Crippen LogP contribution in [0.25, 0.3) is 0 Å². The zero-order chi connectivity index (χ0) is 14.1. The molecule has 0 rings (SSSR count). The minimum absolute atomic E-state index is 0.0984. The maximum atomic E-state index is 11.6. The summed E-state index contributed by atoms with van der Waals surface area (Å²) in [6.07, 6.45) is -1.30. The standard InChI is InChI=1S/C11H18O6S/c1-4-16-5-9(10(13)14)17-11(15)7(2)6-18-8(3)12/h7,9H,4-6H2,1-3H3,(H,13,14)/t7-,9?/m1/s1. The zero-order valence-corrected chi connectivity index (χ0v) is 11.5. The van der Waals surface area contributed by atoms with E-state index in [0.29, 0.717) is 6.61 Å². The molecular weight excluding hydrogens is 260 g/mol. The monoisotopic (exact) mass is 278 g/mol. The Kier molecular flexibility index (Phi) is 8.40. The van der Waals surface area contributed by atoms with Crippen molar-refractivity contribution in [2.45, 2.75) is 26.9 Å². The molecule has 6 nitrogen and oxygen atoms in total. The van der Waals surface area contributed by atoms with Crippen LogP contribution in [0, 0.1) is 5.92 Å². The van der Waals surface area contributed by atoms with Gasteiger partial charge in [-0.2, -0.15) is 0 Å². The second kappa shape index (κ2) is 8.93. The van der Waals surface area contributed by atoms with Crippen LogP contribution in [0.2, 0.25) is 0 Å². The molecule has 0 aliphatic heterocycles. The average Bonchev–Trinajstić information content (AvgIpc) is 2.30. The van der Waals surface area contributed by atoms with Crippen LogP contribution in [0.1, 0.15) is 20.8 Å². The summed E-state index contributed by atoms with van der Waals surface area (Å²) in [6, 6.07) is 0. The molecule has 0 aromatic heterocycles. The number of carbonyl (C=O) groups is 3. The first-order chi connectivity index (χ1) is 8.38. The van der Waals surface area contributed by atoms with Gasteiger partial charge in [-0.3, -0.25) is 9.59 Å². The lowest BCUT2D eigenvalue weighted by molar-refractivity contribution is -0.170. The number of ether oxygens (including phenoxy) is 2. The fraction of sp³-hybridized carbons (Fsp3) is 0.727. The van der Waals surface area contributed by atoms with Crippen LogP contribution in [-0.2, 0) is 23.9 Å². The molecule has 0 aromatic carbocycles. The minimum Gasteiger partial charge on any atom is -0.478 e. The molecule has 0 saturated heterocycles. The van der Waals surface area contributed by atoms with Crippen LogP contribution in [0.5, 0.6) is 0 Å². The van der Waals surface area contributed by atoms with Crippen LogP contribution in [0.3, 0.4) is 0 Å². The van der Waals surface area contributed by atoms with Crippen molar-refractivity contribution in [3.63, 3.8) is 0 Å². The smallest absolute Gasteiger partial charge is 0.347 e. The highest BCUT2D eigenvalue weighted by molar-refractivity contribution is 8.13. The number of esters is 1. The predicted octanol–water partition coefficient (Wildman–Crippen LogP) is 0.935. The number of rotatable bonds is 8. The number of hydrogen-bond acceptors (Lipinski definition) is 6. The van der Waals surface area contributed by atoms with Crippen molar-refractivity contribution >= 4 is 28.8 Å². The molecule has 0 fully saturated rings. The summed E-state index contributed by atoms with van der Waals surface area (Å²) in [5, 5.41) is 8.73. The molecule has 18 heavy (non-hydrogen) atoms. The molecule has 1 unspecified atom stereocenters. The quantitative estimate of drug-likeness (QED) is 0.661. The molecular formula is C11H18O6S. The van der Waals surface area contributed by atoms with Crippen molar-refractivity contribution in [3.8, 4) is 0 Å². The van der Waals surface area contributed by atoms with Crippen molar-refractivity contribution < 1.29 is 29.0 Å². The number of carbonyl (C=O) groups excluding carboxylic acids is 2. The molecule has 0 aliphatic carbocycles. The van der Waals surface area contributed by atoms with E-state index in [-0.39, 0.29) is 17.5 Å². The van der Waals surface area contributed by atoms with E-state index < -0.39 is 24.0 Å². The van der Waals surface area contributed by atoms with Gasteiger partial charge < -0.3 is 14.6 Å². The first-order valence-electron chi connectivity index (χ1n) is 5.52. The summed E-state index contributed by atoms with van der Waals surface area (Å²) < 4.78 is 9.74. The summed E-state index contributed by atoms with van der Waals surface area (Å²) >= 11 is 1.00. The Morgan fingerprint density at radius 2 is 1.94 bits per heavy atom. The van der Waals surface area contributed by atoms with E-state index in [1.165, 1.54) is 6.92 Å². The average molecular weight is 278 g/mol. The first-order valence-corrected chi connectivity index (χ1v) is 6.51. The Labute approximate surface area is 110 Å². The number of thioether (sulfide) groups is 1. The molecule has 0 saturated carbocycles. The SMILES string of the molecule is CCOCC(OC(=O)[C@H](C)CSC(C)=O)C(=O)O. The van der Waals surface area contributed by atoms with Crippen molar-refractivity contribution in [2.24, 2.45) is 5.92 Å². The van der Waals surface area contributed by atoms with Crippen molar-refractivity contribution in [1.82, 2.24) is 0 Å². The van der Waals surface area contributed by atoms with Crippen LogP contribution >= 0.6 is 11.8 Å². The highest BCUT2D eigenvalue weighted by Crippen LogP contribution is 2.11. The van der Waals surface area contributed by atoms with Gasteiger partial charge >= 0.3 is 11.9 Å². The topological polar surface area (TPSA) is 89.9 Å². The number of carboxylic acid groups (broad SMARTS) is 1. The number of hydrogen-bond donors (Lipinski definition) is 1. The van der Waals surface area contributed by atoms with Gasteiger partial charge in [-0.15, -0.1) is 0 Å². The van der Waals surface area contributed by atoms with Gasteiger partial charge in [0, 0.05) is 19.3 Å². The summed E-state index contributed by atoms with van der Waals surface area (Å²) in [6.45, 7) is 4.86. The van der Waals surface area contributed by atoms with Crippen LogP contribution < -0.4 is 0 Å². The number of carboxylic acids is 1. The van der Waals surface area contributed by atoms with E-state index >= 15 is 0 Å². The lowest BCUT2D eigenvalue weighted by atomic mass is 10.2. The molecule has 104 valence electrons. The third-order valence-corrected chi connectivity index (χ3v) is 3.02. The Hall–Kier alpha value is -1.08. The van der Waals surface area contributed by atoms with Crippen LogP contribution in [-0.4, -0.2) is 47.2 Å². The molecule has 7 heteroatoms. The van der Waals surface area contributed by atoms with Gasteiger partial charge in [-0.1, -0.05) is 18.7 Å². The maximum absolute atomic E-state index is 11.6. The molecule has 1 N–H and O–H groups in total. The van der Waals surface area contributed by atoms with E-state index in [1.807, 2.05) is 0 Å². The van der Waals surface area contributed by atoms with Gasteiger partial charge in [-0.05, 0) is 6.92 Å². The van der Waals surface area contributed by atoms with Crippen molar-refractivity contribution in [1.29, 1.82) is 0 Å². The third-order valence-electron chi connectivity index (χ3n) is 1.95. The molecule has 0 aromatic rings. The summed E-state index contributed by atoms with van der Waals surface area (Å²) in [5.41, 5.74) is 0. The van der Waals surface area contributed by atoms with Crippen molar-refractivity contribution in [2.75, 3.05) is 19.0 Å². The Morgan fingerprint density at radius 1 is 1.33 bits per heavy atom. The van der Waals surface area contributed by atoms with Crippen LogP contribution in [0.15, 0.2) is 0 Å². The lowest BCUT2D eigenvalue weighted by Gasteiger charge is -2.16.